The molecule has 0 saturated carbocycles. The molecule has 1 heterocycles. The van der Waals surface area contributed by atoms with E-state index in [1.807, 2.05) is 32.9 Å². The quantitative estimate of drug-likeness (QED) is 0.422. The molecule has 132 valence electrons. The maximum absolute atomic E-state index is 5.54. The first-order valence-electron chi connectivity index (χ1n) is 7.54. The summed E-state index contributed by atoms with van der Waals surface area (Å²) in [5.41, 5.74) is 3.19. The van der Waals surface area contributed by atoms with Crippen molar-refractivity contribution in [3.63, 3.8) is 0 Å². The van der Waals surface area contributed by atoms with Crippen molar-refractivity contribution in [1.29, 1.82) is 0 Å². The van der Waals surface area contributed by atoms with Crippen molar-refractivity contribution in [2.75, 3.05) is 14.2 Å². The number of benzene rings is 1. The van der Waals surface area contributed by atoms with Crippen LogP contribution < -0.4 is 15.4 Å². The van der Waals surface area contributed by atoms with Crippen LogP contribution in [-0.2, 0) is 13.1 Å². The summed E-state index contributed by atoms with van der Waals surface area (Å²) in [5, 5.41) is 6.46. The van der Waals surface area contributed by atoms with Crippen LogP contribution in [0.5, 0.6) is 5.75 Å². The van der Waals surface area contributed by atoms with Crippen LogP contribution in [0.15, 0.2) is 27.6 Å². The molecule has 0 saturated heterocycles. The molecular formula is C17H25IN4O2. The van der Waals surface area contributed by atoms with Gasteiger partial charge in [-0.15, -0.1) is 24.0 Å². The Labute approximate surface area is 160 Å². The van der Waals surface area contributed by atoms with Crippen LogP contribution >= 0.6 is 24.0 Å². The van der Waals surface area contributed by atoms with E-state index in [1.165, 1.54) is 0 Å². The maximum Gasteiger partial charge on any atom is 0.214 e. The SMILES string of the molecule is CN=C(NCc1ccc(OC)c(C)c1)NCc1nc(C)c(C)o1.I. The summed E-state index contributed by atoms with van der Waals surface area (Å²) in [6.45, 7) is 7.04. The van der Waals surface area contributed by atoms with Gasteiger partial charge in [0.1, 0.15) is 11.5 Å². The zero-order valence-electron chi connectivity index (χ0n) is 14.8. The van der Waals surface area contributed by atoms with E-state index >= 15 is 0 Å². The van der Waals surface area contributed by atoms with E-state index in [1.54, 1.807) is 14.2 Å². The third-order valence-corrected chi connectivity index (χ3v) is 3.62. The summed E-state index contributed by atoms with van der Waals surface area (Å²) in [4.78, 5) is 8.54. The third-order valence-electron chi connectivity index (χ3n) is 3.62. The lowest BCUT2D eigenvalue weighted by atomic mass is 10.1. The molecule has 1 aromatic heterocycles. The van der Waals surface area contributed by atoms with Crippen LogP contribution in [0.1, 0.15) is 28.5 Å². The first-order chi connectivity index (χ1) is 11.0. The van der Waals surface area contributed by atoms with Gasteiger partial charge in [0.2, 0.25) is 5.89 Å². The largest absolute Gasteiger partial charge is 0.496 e. The lowest BCUT2D eigenvalue weighted by Crippen LogP contribution is -2.36. The highest BCUT2D eigenvalue weighted by Gasteiger charge is 2.07. The lowest BCUT2D eigenvalue weighted by molar-refractivity contribution is 0.411. The predicted octanol–water partition coefficient (Wildman–Crippen LogP) is 3.09. The van der Waals surface area contributed by atoms with Gasteiger partial charge >= 0.3 is 0 Å². The molecule has 0 unspecified atom stereocenters. The predicted molar refractivity (Wildman–Crippen MR) is 106 cm³/mol. The lowest BCUT2D eigenvalue weighted by Gasteiger charge is -2.12. The van der Waals surface area contributed by atoms with Gasteiger partial charge in [-0.05, 0) is 38.0 Å². The van der Waals surface area contributed by atoms with E-state index in [0.29, 0.717) is 24.9 Å². The minimum absolute atomic E-state index is 0. The van der Waals surface area contributed by atoms with Crippen LogP contribution in [0.3, 0.4) is 0 Å². The molecule has 2 N–H and O–H groups in total. The molecule has 2 rings (SSSR count). The summed E-state index contributed by atoms with van der Waals surface area (Å²) in [7, 11) is 3.42. The van der Waals surface area contributed by atoms with Crippen molar-refractivity contribution in [3.05, 3.63) is 46.7 Å². The molecule has 1 aromatic carbocycles. The highest BCUT2D eigenvalue weighted by molar-refractivity contribution is 14.0. The van der Waals surface area contributed by atoms with Crippen molar-refractivity contribution in [2.24, 2.45) is 4.99 Å². The Morgan fingerprint density at radius 3 is 2.46 bits per heavy atom. The van der Waals surface area contributed by atoms with Gasteiger partial charge in [-0.3, -0.25) is 4.99 Å². The molecule has 0 amide bonds. The fourth-order valence-corrected chi connectivity index (χ4v) is 2.23. The van der Waals surface area contributed by atoms with E-state index in [2.05, 4.69) is 26.7 Å². The minimum atomic E-state index is 0. The molecule has 0 spiro atoms. The second-order valence-electron chi connectivity index (χ2n) is 5.33. The topological polar surface area (TPSA) is 71.7 Å². The molecule has 0 fully saturated rings. The van der Waals surface area contributed by atoms with Crippen molar-refractivity contribution in [2.45, 2.75) is 33.9 Å². The van der Waals surface area contributed by atoms with Gasteiger partial charge in [0.25, 0.3) is 0 Å². The average molecular weight is 444 g/mol. The summed E-state index contributed by atoms with van der Waals surface area (Å²) in [5.74, 6) is 3.10. The van der Waals surface area contributed by atoms with Gasteiger partial charge in [0.05, 0.1) is 19.3 Å². The molecule has 0 aliphatic heterocycles. The highest BCUT2D eigenvalue weighted by atomic mass is 127. The fraction of sp³-hybridized carbons (Fsp3) is 0.412. The third kappa shape index (κ3) is 5.40. The Morgan fingerprint density at radius 1 is 1.21 bits per heavy atom. The minimum Gasteiger partial charge on any atom is -0.496 e. The monoisotopic (exact) mass is 444 g/mol. The van der Waals surface area contributed by atoms with Crippen LogP contribution in [0, 0.1) is 20.8 Å². The summed E-state index contributed by atoms with van der Waals surface area (Å²) in [6, 6.07) is 6.10. The first-order valence-corrected chi connectivity index (χ1v) is 7.54. The number of nitrogens with zero attached hydrogens (tertiary/aromatic N) is 2. The van der Waals surface area contributed by atoms with Gasteiger partial charge in [0.15, 0.2) is 5.96 Å². The summed E-state index contributed by atoms with van der Waals surface area (Å²) in [6.07, 6.45) is 0. The molecule has 0 aliphatic rings. The number of aryl methyl sites for hydroxylation is 3. The van der Waals surface area contributed by atoms with Gasteiger partial charge in [-0.2, -0.15) is 0 Å². The van der Waals surface area contributed by atoms with E-state index in [-0.39, 0.29) is 24.0 Å². The number of aliphatic imine (C=N–C) groups is 1. The first kappa shape index (κ1) is 20.3. The van der Waals surface area contributed by atoms with Gasteiger partial charge < -0.3 is 19.8 Å². The number of ether oxygens (including phenoxy) is 1. The number of aromatic nitrogens is 1. The van der Waals surface area contributed by atoms with Gasteiger partial charge in [0, 0.05) is 13.6 Å². The van der Waals surface area contributed by atoms with Crippen LogP contribution in [-0.4, -0.2) is 25.1 Å². The standard InChI is InChI=1S/C17H24N4O2.HI/c1-11-8-14(6-7-15(11)22-5)9-19-17(18-4)20-10-16-21-12(2)13(3)23-16;/h6-8H,9-10H2,1-5H3,(H2,18,19,20);1H. The Kier molecular flexibility index (Phi) is 8.03. The van der Waals surface area contributed by atoms with E-state index in [0.717, 1.165) is 28.3 Å². The maximum atomic E-state index is 5.54. The van der Waals surface area contributed by atoms with Gasteiger partial charge in [-0.25, -0.2) is 4.98 Å². The van der Waals surface area contributed by atoms with Crippen molar-refractivity contribution < 1.29 is 9.15 Å². The molecule has 24 heavy (non-hydrogen) atoms. The van der Waals surface area contributed by atoms with E-state index in [4.69, 9.17) is 9.15 Å². The Hall–Kier alpha value is -1.77. The molecule has 2 aromatic rings. The van der Waals surface area contributed by atoms with Crippen molar-refractivity contribution in [1.82, 2.24) is 15.6 Å². The van der Waals surface area contributed by atoms with E-state index in [9.17, 15) is 0 Å². The molecule has 0 atom stereocenters. The number of methoxy groups -OCH3 is 1. The van der Waals surface area contributed by atoms with Crippen molar-refractivity contribution >= 4 is 29.9 Å². The number of guanidine groups is 1. The summed E-state index contributed by atoms with van der Waals surface area (Å²) < 4.78 is 10.8. The van der Waals surface area contributed by atoms with Crippen LogP contribution in [0.25, 0.3) is 0 Å². The molecule has 7 heteroatoms. The number of hydrogen-bond donors (Lipinski definition) is 2. The smallest absolute Gasteiger partial charge is 0.214 e. The second kappa shape index (κ2) is 9.51. The molecule has 0 bridgehead atoms. The Morgan fingerprint density at radius 2 is 1.92 bits per heavy atom. The number of oxazole rings is 1. The Bertz CT molecular complexity index is 678. The Balaban J connectivity index is 0.00000288. The second-order valence-corrected chi connectivity index (χ2v) is 5.33. The highest BCUT2D eigenvalue weighted by Crippen LogP contribution is 2.18. The molecule has 0 aliphatic carbocycles. The summed E-state index contributed by atoms with van der Waals surface area (Å²) >= 11 is 0. The number of nitrogens with one attached hydrogen (secondary N) is 2. The van der Waals surface area contributed by atoms with Crippen LogP contribution in [0.4, 0.5) is 0 Å². The van der Waals surface area contributed by atoms with Gasteiger partial charge in [-0.1, -0.05) is 12.1 Å². The fourth-order valence-electron chi connectivity index (χ4n) is 2.23. The average Bonchev–Trinajstić information content (AvgIpc) is 2.86. The zero-order chi connectivity index (χ0) is 16.8. The number of rotatable bonds is 5. The van der Waals surface area contributed by atoms with Crippen LogP contribution in [0.2, 0.25) is 0 Å². The van der Waals surface area contributed by atoms with E-state index < -0.39 is 0 Å². The van der Waals surface area contributed by atoms with Crippen molar-refractivity contribution in [3.8, 4) is 5.75 Å². The molecular weight excluding hydrogens is 419 g/mol. The zero-order valence-corrected chi connectivity index (χ0v) is 17.1. The normalized spacial score (nSPS) is 11.0. The molecule has 0 radical (unpaired) electrons. The number of halogens is 1. The molecule has 6 nitrogen and oxygen atoms in total. The number of hydrogen-bond acceptors (Lipinski definition) is 4.